The molecule has 1 rings (SSSR count). The van der Waals surface area contributed by atoms with Crippen LogP contribution in [0.3, 0.4) is 0 Å². The fourth-order valence-electron chi connectivity index (χ4n) is 0.876. The Morgan fingerprint density at radius 2 is 2.56 bits per heavy atom. The minimum atomic E-state index is 0.267. The van der Waals surface area contributed by atoms with E-state index in [1.807, 2.05) is 6.92 Å². The quantitative estimate of drug-likeness (QED) is 0.435. The zero-order valence-electron chi connectivity index (χ0n) is 5.50. The van der Waals surface area contributed by atoms with Crippen LogP contribution in [0.25, 0.3) is 0 Å². The molecule has 1 atom stereocenters. The molecule has 0 saturated carbocycles. The predicted molar refractivity (Wildman–Crippen MR) is 32.6 cm³/mol. The molecule has 1 heterocycles. The standard InChI is InChI=1S/C6H10N2O/c1-6-4-9-3-2-8(6)5-7/h6H,2-4H2,1H3/t6-/m1/s1. The van der Waals surface area contributed by atoms with Gasteiger partial charge >= 0.3 is 0 Å². The fraction of sp³-hybridized carbons (Fsp3) is 0.833. The third-order valence-electron chi connectivity index (χ3n) is 1.50. The molecule has 1 fully saturated rings. The van der Waals surface area contributed by atoms with Crippen molar-refractivity contribution in [1.29, 1.82) is 5.26 Å². The van der Waals surface area contributed by atoms with Crippen molar-refractivity contribution in [2.45, 2.75) is 13.0 Å². The number of morpholine rings is 1. The van der Waals surface area contributed by atoms with Gasteiger partial charge in [-0.25, -0.2) is 0 Å². The molecule has 0 unspecified atom stereocenters. The van der Waals surface area contributed by atoms with Gasteiger partial charge in [0.15, 0.2) is 6.19 Å². The van der Waals surface area contributed by atoms with Crippen LogP contribution < -0.4 is 0 Å². The summed E-state index contributed by atoms with van der Waals surface area (Å²) in [6.45, 7) is 4.12. The number of rotatable bonds is 0. The molecule has 0 aromatic rings. The Balaban J connectivity index is 2.41. The van der Waals surface area contributed by atoms with Crippen LogP contribution in [-0.2, 0) is 4.74 Å². The van der Waals surface area contributed by atoms with E-state index in [0.717, 1.165) is 6.54 Å². The third-order valence-corrected chi connectivity index (χ3v) is 1.50. The van der Waals surface area contributed by atoms with E-state index in [-0.39, 0.29) is 6.04 Å². The zero-order valence-corrected chi connectivity index (χ0v) is 5.50. The van der Waals surface area contributed by atoms with Gasteiger partial charge in [-0.2, -0.15) is 5.26 Å². The predicted octanol–water partition coefficient (Wildman–Crippen LogP) is 0.188. The maximum Gasteiger partial charge on any atom is 0.179 e. The van der Waals surface area contributed by atoms with E-state index in [4.69, 9.17) is 10.00 Å². The van der Waals surface area contributed by atoms with Crippen LogP contribution in [0.1, 0.15) is 6.92 Å². The maximum atomic E-state index is 8.48. The zero-order chi connectivity index (χ0) is 6.69. The van der Waals surface area contributed by atoms with Gasteiger partial charge in [0.25, 0.3) is 0 Å². The van der Waals surface area contributed by atoms with Crippen molar-refractivity contribution >= 4 is 0 Å². The lowest BCUT2D eigenvalue weighted by molar-refractivity contribution is 0.0272. The summed E-state index contributed by atoms with van der Waals surface area (Å²) in [6, 6.07) is 0.267. The van der Waals surface area contributed by atoms with Gasteiger partial charge in [0.05, 0.1) is 25.8 Å². The maximum absolute atomic E-state index is 8.48. The van der Waals surface area contributed by atoms with E-state index < -0.39 is 0 Å². The second-order valence-corrected chi connectivity index (χ2v) is 2.22. The lowest BCUT2D eigenvalue weighted by atomic mass is 10.3. The molecule has 0 aromatic heterocycles. The first-order chi connectivity index (χ1) is 4.34. The van der Waals surface area contributed by atoms with E-state index in [9.17, 15) is 0 Å². The molecule has 1 saturated heterocycles. The smallest absolute Gasteiger partial charge is 0.179 e. The van der Waals surface area contributed by atoms with Crippen LogP contribution in [0.5, 0.6) is 0 Å². The van der Waals surface area contributed by atoms with Gasteiger partial charge in [-0.15, -0.1) is 0 Å². The van der Waals surface area contributed by atoms with E-state index in [1.165, 1.54) is 0 Å². The van der Waals surface area contributed by atoms with Gasteiger partial charge < -0.3 is 9.64 Å². The Bertz CT molecular complexity index is 130. The van der Waals surface area contributed by atoms with Crippen molar-refractivity contribution in [3.05, 3.63) is 0 Å². The molecule has 50 valence electrons. The molecule has 0 bridgehead atoms. The summed E-state index contributed by atoms with van der Waals surface area (Å²) in [5.41, 5.74) is 0. The summed E-state index contributed by atoms with van der Waals surface area (Å²) in [5, 5.41) is 8.48. The molecule has 0 aromatic carbocycles. The highest BCUT2D eigenvalue weighted by molar-refractivity contribution is 4.81. The number of nitrogens with zero attached hydrogens (tertiary/aromatic N) is 2. The van der Waals surface area contributed by atoms with Crippen molar-refractivity contribution in [2.24, 2.45) is 0 Å². The molecule has 0 N–H and O–H groups in total. The molecule has 0 aliphatic carbocycles. The molecule has 3 heteroatoms. The van der Waals surface area contributed by atoms with E-state index >= 15 is 0 Å². The van der Waals surface area contributed by atoms with Gasteiger partial charge in [-0.1, -0.05) is 0 Å². The Morgan fingerprint density at radius 1 is 1.78 bits per heavy atom. The number of hydrogen-bond acceptors (Lipinski definition) is 3. The summed E-state index contributed by atoms with van der Waals surface area (Å²) in [4.78, 5) is 1.74. The van der Waals surface area contributed by atoms with Crippen LogP contribution in [0.2, 0.25) is 0 Å². The molecule has 0 amide bonds. The summed E-state index contributed by atoms with van der Waals surface area (Å²) >= 11 is 0. The van der Waals surface area contributed by atoms with Gasteiger partial charge in [-0.3, -0.25) is 0 Å². The summed E-state index contributed by atoms with van der Waals surface area (Å²) in [7, 11) is 0. The minimum absolute atomic E-state index is 0.267. The third kappa shape index (κ3) is 1.33. The molecule has 9 heavy (non-hydrogen) atoms. The van der Waals surface area contributed by atoms with Gasteiger partial charge in [0.2, 0.25) is 0 Å². The summed E-state index contributed by atoms with van der Waals surface area (Å²) < 4.78 is 5.12. The van der Waals surface area contributed by atoms with Crippen molar-refractivity contribution in [3.63, 3.8) is 0 Å². The number of ether oxygens (including phenoxy) is 1. The lowest BCUT2D eigenvalue weighted by Crippen LogP contribution is -2.40. The first-order valence-electron chi connectivity index (χ1n) is 3.08. The van der Waals surface area contributed by atoms with Crippen LogP contribution in [0, 0.1) is 11.5 Å². The summed E-state index contributed by atoms with van der Waals surface area (Å²) in [5.74, 6) is 0. The molecular weight excluding hydrogens is 116 g/mol. The molecule has 3 nitrogen and oxygen atoms in total. The van der Waals surface area contributed by atoms with E-state index in [0.29, 0.717) is 13.2 Å². The first kappa shape index (κ1) is 6.37. The average Bonchev–Trinajstić information content (AvgIpc) is 1.89. The molecule has 0 spiro atoms. The largest absolute Gasteiger partial charge is 0.377 e. The molecule has 1 aliphatic rings. The minimum Gasteiger partial charge on any atom is -0.377 e. The normalized spacial score (nSPS) is 27.6. The van der Waals surface area contributed by atoms with Gasteiger partial charge in [0.1, 0.15) is 0 Å². The van der Waals surface area contributed by atoms with Crippen LogP contribution in [0.4, 0.5) is 0 Å². The lowest BCUT2D eigenvalue weighted by Gasteiger charge is -2.27. The monoisotopic (exact) mass is 126 g/mol. The van der Waals surface area contributed by atoms with Crippen molar-refractivity contribution in [3.8, 4) is 6.19 Å². The average molecular weight is 126 g/mol. The van der Waals surface area contributed by atoms with Crippen molar-refractivity contribution in [1.82, 2.24) is 4.90 Å². The van der Waals surface area contributed by atoms with Gasteiger partial charge in [0, 0.05) is 0 Å². The Morgan fingerprint density at radius 3 is 3.00 bits per heavy atom. The molecular formula is C6H10N2O. The summed E-state index contributed by atoms with van der Waals surface area (Å²) in [6.07, 6.45) is 2.11. The van der Waals surface area contributed by atoms with Crippen LogP contribution >= 0.6 is 0 Å². The van der Waals surface area contributed by atoms with Crippen LogP contribution in [-0.4, -0.2) is 30.7 Å². The second-order valence-electron chi connectivity index (χ2n) is 2.22. The Hall–Kier alpha value is -0.750. The first-order valence-corrected chi connectivity index (χ1v) is 3.08. The van der Waals surface area contributed by atoms with E-state index in [1.54, 1.807) is 4.90 Å². The fourth-order valence-corrected chi connectivity index (χ4v) is 0.876. The number of hydrogen-bond donors (Lipinski definition) is 0. The molecule has 0 radical (unpaired) electrons. The number of nitriles is 1. The van der Waals surface area contributed by atoms with Crippen molar-refractivity contribution in [2.75, 3.05) is 19.8 Å². The highest BCUT2D eigenvalue weighted by Gasteiger charge is 2.15. The van der Waals surface area contributed by atoms with Gasteiger partial charge in [-0.05, 0) is 6.92 Å². The highest BCUT2D eigenvalue weighted by Crippen LogP contribution is 2.02. The van der Waals surface area contributed by atoms with E-state index in [2.05, 4.69) is 6.19 Å². The Labute approximate surface area is 54.8 Å². The second kappa shape index (κ2) is 2.70. The Kier molecular flexibility index (Phi) is 1.91. The van der Waals surface area contributed by atoms with Crippen LogP contribution in [0.15, 0.2) is 0 Å². The SMILES string of the molecule is C[C@@H]1COCCN1C#N. The highest BCUT2D eigenvalue weighted by atomic mass is 16.5. The molecule has 1 aliphatic heterocycles. The van der Waals surface area contributed by atoms with Crippen molar-refractivity contribution < 1.29 is 4.74 Å². The topological polar surface area (TPSA) is 36.3 Å².